The first-order valence-electron chi connectivity index (χ1n) is 8.98. The summed E-state index contributed by atoms with van der Waals surface area (Å²) in [4.78, 5) is 17.0. The molecule has 1 amide bonds. The number of rotatable bonds is 6. The lowest BCUT2D eigenvalue weighted by atomic mass is 10.1. The number of ether oxygens (including phenoxy) is 1. The predicted octanol–water partition coefficient (Wildman–Crippen LogP) is 4.41. The summed E-state index contributed by atoms with van der Waals surface area (Å²) < 4.78 is 5.47. The summed E-state index contributed by atoms with van der Waals surface area (Å²) in [6.45, 7) is 4.93. The van der Waals surface area contributed by atoms with Gasteiger partial charge >= 0.3 is 0 Å². The van der Waals surface area contributed by atoms with E-state index in [4.69, 9.17) is 39.5 Å². The van der Waals surface area contributed by atoms with Crippen LogP contribution >= 0.6 is 34.8 Å². The molecule has 2 aromatic carbocycles. The number of carbonyl (C=O) groups excluding carboxylic acids is 1. The van der Waals surface area contributed by atoms with E-state index in [0.29, 0.717) is 20.8 Å². The molecule has 0 atom stereocenters. The zero-order chi connectivity index (χ0) is 20.1. The van der Waals surface area contributed by atoms with Crippen molar-refractivity contribution in [3.63, 3.8) is 0 Å². The number of benzene rings is 2. The number of hydrogen-bond acceptors (Lipinski definition) is 4. The average molecular weight is 443 g/mol. The van der Waals surface area contributed by atoms with Crippen LogP contribution in [0.25, 0.3) is 0 Å². The van der Waals surface area contributed by atoms with Crippen molar-refractivity contribution in [3.05, 3.63) is 57.0 Å². The summed E-state index contributed by atoms with van der Waals surface area (Å²) >= 11 is 17.9. The Hall–Kier alpha value is -1.50. The summed E-state index contributed by atoms with van der Waals surface area (Å²) in [5.74, 6) is 0.0360. The summed E-state index contributed by atoms with van der Waals surface area (Å²) in [7, 11) is 2.14. The van der Waals surface area contributed by atoms with Crippen LogP contribution in [0.1, 0.15) is 5.56 Å². The number of likely N-dealkylation sites (N-methyl/N-ethyl adjacent to an activating group) is 1. The molecule has 5 nitrogen and oxygen atoms in total. The van der Waals surface area contributed by atoms with Gasteiger partial charge in [-0.2, -0.15) is 0 Å². The molecule has 0 bridgehead atoms. The lowest BCUT2D eigenvalue weighted by molar-refractivity contribution is -0.118. The van der Waals surface area contributed by atoms with Crippen molar-refractivity contribution >= 4 is 46.4 Å². The number of nitrogens with zero attached hydrogens (tertiary/aromatic N) is 2. The van der Waals surface area contributed by atoms with Crippen LogP contribution in [0.2, 0.25) is 15.1 Å². The molecule has 0 aromatic heterocycles. The van der Waals surface area contributed by atoms with Gasteiger partial charge in [0.15, 0.2) is 6.61 Å². The molecule has 0 spiro atoms. The van der Waals surface area contributed by atoms with E-state index < -0.39 is 0 Å². The molecule has 8 heteroatoms. The van der Waals surface area contributed by atoms with E-state index >= 15 is 0 Å². The predicted molar refractivity (Wildman–Crippen MR) is 115 cm³/mol. The molecule has 0 aliphatic carbocycles. The van der Waals surface area contributed by atoms with Gasteiger partial charge in [-0.25, -0.2) is 0 Å². The van der Waals surface area contributed by atoms with Gasteiger partial charge < -0.3 is 15.0 Å². The highest BCUT2D eigenvalue weighted by atomic mass is 35.5. The Kier molecular flexibility index (Phi) is 7.43. The Bertz CT molecular complexity index is 839. The fourth-order valence-electron chi connectivity index (χ4n) is 2.97. The number of nitrogens with one attached hydrogen (secondary N) is 1. The van der Waals surface area contributed by atoms with Gasteiger partial charge in [0.1, 0.15) is 5.75 Å². The van der Waals surface area contributed by atoms with Crippen LogP contribution < -0.4 is 10.1 Å². The Balaban J connectivity index is 1.53. The van der Waals surface area contributed by atoms with Crippen molar-refractivity contribution in [2.75, 3.05) is 45.2 Å². The lowest BCUT2D eigenvalue weighted by Crippen LogP contribution is -2.43. The van der Waals surface area contributed by atoms with E-state index in [2.05, 4.69) is 28.2 Å². The number of anilines is 1. The van der Waals surface area contributed by atoms with Gasteiger partial charge in [0, 0.05) is 44.5 Å². The standard InChI is InChI=1S/C20H22Cl3N3O2/c1-25-5-7-26(8-6-25)12-14-3-2-4-15(9-14)24-20(27)13-28-19-11-17(22)16(21)10-18(19)23/h2-4,9-11H,5-8,12-13H2,1H3,(H,24,27). The van der Waals surface area contributed by atoms with Gasteiger partial charge in [-0.15, -0.1) is 0 Å². The maximum Gasteiger partial charge on any atom is 0.262 e. The largest absolute Gasteiger partial charge is 0.482 e. The summed E-state index contributed by atoms with van der Waals surface area (Å²) in [6, 6.07) is 10.8. The van der Waals surface area contributed by atoms with Crippen molar-refractivity contribution in [1.29, 1.82) is 0 Å². The molecule has 1 heterocycles. The van der Waals surface area contributed by atoms with Gasteiger partial charge in [0.25, 0.3) is 5.91 Å². The minimum atomic E-state index is -0.279. The third kappa shape index (κ3) is 6.00. The number of hydrogen-bond donors (Lipinski definition) is 1. The van der Waals surface area contributed by atoms with Crippen molar-refractivity contribution in [2.24, 2.45) is 0 Å². The van der Waals surface area contributed by atoms with Crippen LogP contribution in [0, 0.1) is 0 Å². The van der Waals surface area contributed by atoms with Gasteiger partial charge in [0.2, 0.25) is 0 Å². The molecule has 150 valence electrons. The topological polar surface area (TPSA) is 44.8 Å². The van der Waals surface area contributed by atoms with Crippen LogP contribution in [0.3, 0.4) is 0 Å². The molecule has 0 radical (unpaired) electrons. The molecule has 3 rings (SSSR count). The maximum atomic E-state index is 12.2. The second-order valence-electron chi connectivity index (χ2n) is 6.81. The lowest BCUT2D eigenvalue weighted by Gasteiger charge is -2.32. The fraction of sp³-hybridized carbons (Fsp3) is 0.350. The first-order valence-corrected chi connectivity index (χ1v) is 10.1. The van der Waals surface area contributed by atoms with Crippen LogP contribution in [0.4, 0.5) is 5.69 Å². The van der Waals surface area contributed by atoms with E-state index in [1.165, 1.54) is 12.1 Å². The highest BCUT2D eigenvalue weighted by Crippen LogP contribution is 2.33. The summed E-state index contributed by atoms with van der Waals surface area (Å²) in [5, 5.41) is 3.80. The molecule has 1 fully saturated rings. The maximum absolute atomic E-state index is 12.2. The van der Waals surface area contributed by atoms with Crippen molar-refractivity contribution in [2.45, 2.75) is 6.54 Å². The molecule has 0 unspecified atom stereocenters. The Morgan fingerprint density at radius 3 is 2.50 bits per heavy atom. The fourth-order valence-corrected chi connectivity index (χ4v) is 3.56. The normalized spacial score (nSPS) is 15.4. The molecule has 1 aliphatic rings. The highest BCUT2D eigenvalue weighted by molar-refractivity contribution is 6.43. The number of amides is 1. The molecule has 1 saturated heterocycles. The van der Waals surface area contributed by atoms with E-state index in [9.17, 15) is 4.79 Å². The van der Waals surface area contributed by atoms with Gasteiger partial charge in [-0.1, -0.05) is 46.9 Å². The zero-order valence-corrected chi connectivity index (χ0v) is 17.8. The minimum absolute atomic E-state index is 0.180. The van der Waals surface area contributed by atoms with E-state index in [0.717, 1.165) is 44.0 Å². The van der Waals surface area contributed by atoms with Crippen molar-refractivity contribution < 1.29 is 9.53 Å². The van der Waals surface area contributed by atoms with Crippen molar-refractivity contribution in [3.8, 4) is 5.75 Å². The van der Waals surface area contributed by atoms with E-state index in [-0.39, 0.29) is 12.5 Å². The highest BCUT2D eigenvalue weighted by Gasteiger charge is 2.14. The molecule has 1 N–H and O–H groups in total. The summed E-state index contributed by atoms with van der Waals surface area (Å²) in [6.07, 6.45) is 0. The Labute approximate surface area is 180 Å². The Morgan fingerprint density at radius 2 is 1.75 bits per heavy atom. The van der Waals surface area contributed by atoms with Gasteiger partial charge in [-0.05, 0) is 30.8 Å². The van der Waals surface area contributed by atoms with Crippen LogP contribution in [0.15, 0.2) is 36.4 Å². The molecule has 0 saturated carbocycles. The summed E-state index contributed by atoms with van der Waals surface area (Å²) in [5.41, 5.74) is 1.90. The number of carbonyl (C=O) groups is 1. The Morgan fingerprint density at radius 1 is 1.04 bits per heavy atom. The smallest absolute Gasteiger partial charge is 0.262 e. The third-order valence-electron chi connectivity index (χ3n) is 4.55. The molecular weight excluding hydrogens is 421 g/mol. The quantitative estimate of drug-likeness (QED) is 0.673. The van der Waals surface area contributed by atoms with E-state index in [1.807, 2.05) is 18.2 Å². The van der Waals surface area contributed by atoms with Crippen LogP contribution in [-0.2, 0) is 11.3 Å². The monoisotopic (exact) mass is 441 g/mol. The average Bonchev–Trinajstić information content (AvgIpc) is 2.66. The van der Waals surface area contributed by atoms with E-state index in [1.54, 1.807) is 0 Å². The minimum Gasteiger partial charge on any atom is -0.482 e. The van der Waals surface area contributed by atoms with Crippen LogP contribution in [0.5, 0.6) is 5.75 Å². The molecular formula is C20H22Cl3N3O2. The second kappa shape index (κ2) is 9.81. The first-order chi connectivity index (χ1) is 13.4. The zero-order valence-electron chi connectivity index (χ0n) is 15.6. The molecule has 1 aliphatic heterocycles. The van der Waals surface area contributed by atoms with Crippen LogP contribution in [-0.4, -0.2) is 55.5 Å². The number of piperazine rings is 1. The first kappa shape index (κ1) is 21.2. The third-order valence-corrected chi connectivity index (χ3v) is 5.56. The van der Waals surface area contributed by atoms with Gasteiger partial charge in [0.05, 0.1) is 15.1 Å². The van der Waals surface area contributed by atoms with Gasteiger partial charge in [-0.3, -0.25) is 9.69 Å². The molecule has 2 aromatic rings. The SMILES string of the molecule is CN1CCN(Cc2cccc(NC(=O)COc3cc(Cl)c(Cl)cc3Cl)c2)CC1. The number of halogens is 3. The van der Waals surface area contributed by atoms with Crippen molar-refractivity contribution in [1.82, 2.24) is 9.80 Å². The second-order valence-corrected chi connectivity index (χ2v) is 8.03. The molecule has 28 heavy (non-hydrogen) atoms.